The molecule has 0 aliphatic carbocycles. The average Bonchev–Trinajstić information content (AvgIpc) is 2.62. The summed E-state index contributed by atoms with van der Waals surface area (Å²) in [6.07, 6.45) is 4.79. The predicted molar refractivity (Wildman–Crippen MR) is 87.2 cm³/mol. The minimum absolute atomic E-state index is 0.232. The van der Waals surface area contributed by atoms with Gasteiger partial charge in [0, 0.05) is 24.0 Å². The van der Waals surface area contributed by atoms with Crippen molar-refractivity contribution >= 4 is 11.6 Å². The molecule has 5 heteroatoms. The van der Waals surface area contributed by atoms with Crippen LogP contribution in [0.4, 0.5) is 5.69 Å². The summed E-state index contributed by atoms with van der Waals surface area (Å²) < 4.78 is 5.63. The molecule has 0 radical (unpaired) electrons. The van der Waals surface area contributed by atoms with Gasteiger partial charge in [-0.25, -0.2) is 4.98 Å². The van der Waals surface area contributed by atoms with Crippen molar-refractivity contribution in [3.8, 4) is 5.88 Å². The van der Waals surface area contributed by atoms with Crippen molar-refractivity contribution in [3.63, 3.8) is 0 Å². The molecule has 1 N–H and O–H groups in total. The Morgan fingerprint density at radius 2 is 1.91 bits per heavy atom. The third kappa shape index (κ3) is 4.14. The van der Waals surface area contributed by atoms with Gasteiger partial charge in [-0.15, -0.1) is 0 Å². The lowest BCUT2D eigenvalue weighted by Gasteiger charge is -2.08. The number of ether oxygens (including phenoxy) is 1. The zero-order valence-corrected chi connectivity index (χ0v) is 12.3. The van der Waals surface area contributed by atoms with Gasteiger partial charge in [0.25, 0.3) is 5.91 Å². The number of aromatic nitrogens is 2. The van der Waals surface area contributed by atoms with E-state index in [0.29, 0.717) is 23.7 Å². The van der Waals surface area contributed by atoms with E-state index in [4.69, 9.17) is 4.74 Å². The van der Waals surface area contributed by atoms with Gasteiger partial charge in [-0.2, -0.15) is 0 Å². The molecule has 0 atom stereocenters. The molecular weight excluding hydrogens is 290 g/mol. The highest BCUT2D eigenvalue weighted by atomic mass is 16.5. The largest absolute Gasteiger partial charge is 0.473 e. The SMILES string of the molecule is O=C(Nc1cccnc1)c1ccnc(OCc2ccccc2)c1. The van der Waals surface area contributed by atoms with Crippen molar-refractivity contribution in [2.75, 3.05) is 5.32 Å². The number of amides is 1. The molecule has 2 heterocycles. The standard InChI is InChI=1S/C18H15N3O2/c22-18(21-16-7-4-9-19-12-16)15-8-10-20-17(11-15)23-13-14-5-2-1-3-6-14/h1-12H,13H2,(H,21,22). The van der Waals surface area contributed by atoms with Crippen LogP contribution < -0.4 is 10.1 Å². The van der Waals surface area contributed by atoms with Gasteiger partial charge >= 0.3 is 0 Å². The molecule has 0 aliphatic heterocycles. The van der Waals surface area contributed by atoms with E-state index in [1.54, 1.807) is 42.9 Å². The number of hydrogen-bond donors (Lipinski definition) is 1. The Hall–Kier alpha value is -3.21. The van der Waals surface area contributed by atoms with Gasteiger partial charge in [0.05, 0.1) is 11.9 Å². The summed E-state index contributed by atoms with van der Waals surface area (Å²) in [6.45, 7) is 0.404. The highest BCUT2D eigenvalue weighted by Crippen LogP contribution is 2.13. The fourth-order valence-corrected chi connectivity index (χ4v) is 2.00. The van der Waals surface area contributed by atoms with E-state index in [1.807, 2.05) is 30.3 Å². The van der Waals surface area contributed by atoms with E-state index in [-0.39, 0.29) is 5.91 Å². The molecular formula is C18H15N3O2. The quantitative estimate of drug-likeness (QED) is 0.785. The van der Waals surface area contributed by atoms with Gasteiger partial charge in [-0.3, -0.25) is 9.78 Å². The molecule has 0 unspecified atom stereocenters. The van der Waals surface area contributed by atoms with Crippen molar-refractivity contribution in [1.82, 2.24) is 9.97 Å². The first kappa shape index (κ1) is 14.7. The number of hydrogen-bond acceptors (Lipinski definition) is 4. The minimum atomic E-state index is -0.232. The predicted octanol–water partition coefficient (Wildman–Crippen LogP) is 3.31. The molecule has 23 heavy (non-hydrogen) atoms. The molecule has 0 fully saturated rings. The average molecular weight is 305 g/mol. The van der Waals surface area contributed by atoms with E-state index in [2.05, 4.69) is 15.3 Å². The topological polar surface area (TPSA) is 64.1 Å². The number of nitrogens with zero attached hydrogens (tertiary/aromatic N) is 2. The molecule has 5 nitrogen and oxygen atoms in total. The van der Waals surface area contributed by atoms with Gasteiger partial charge < -0.3 is 10.1 Å². The van der Waals surface area contributed by atoms with Crippen LogP contribution in [-0.2, 0) is 6.61 Å². The molecule has 1 aromatic carbocycles. The molecule has 3 aromatic rings. The van der Waals surface area contributed by atoms with Crippen LogP contribution in [0.2, 0.25) is 0 Å². The summed E-state index contributed by atoms with van der Waals surface area (Å²) in [5.41, 5.74) is 2.16. The Morgan fingerprint density at radius 3 is 2.70 bits per heavy atom. The van der Waals surface area contributed by atoms with Crippen molar-refractivity contribution in [2.45, 2.75) is 6.61 Å². The number of anilines is 1. The van der Waals surface area contributed by atoms with Crippen LogP contribution in [0.3, 0.4) is 0 Å². The summed E-state index contributed by atoms with van der Waals surface area (Å²) >= 11 is 0. The maximum atomic E-state index is 12.2. The van der Waals surface area contributed by atoms with Gasteiger partial charge in [-0.1, -0.05) is 30.3 Å². The van der Waals surface area contributed by atoms with E-state index in [1.165, 1.54) is 0 Å². The van der Waals surface area contributed by atoms with Gasteiger partial charge in [0.2, 0.25) is 5.88 Å². The number of pyridine rings is 2. The lowest BCUT2D eigenvalue weighted by Crippen LogP contribution is -2.12. The third-order valence-electron chi connectivity index (χ3n) is 3.15. The highest BCUT2D eigenvalue weighted by Gasteiger charge is 2.08. The van der Waals surface area contributed by atoms with E-state index in [0.717, 1.165) is 5.56 Å². The zero-order valence-electron chi connectivity index (χ0n) is 12.3. The summed E-state index contributed by atoms with van der Waals surface area (Å²) in [7, 11) is 0. The molecule has 0 aliphatic rings. The fourth-order valence-electron chi connectivity index (χ4n) is 2.00. The zero-order chi connectivity index (χ0) is 15.9. The lowest BCUT2D eigenvalue weighted by molar-refractivity contribution is 0.102. The summed E-state index contributed by atoms with van der Waals surface area (Å²) in [6, 6.07) is 16.6. The van der Waals surface area contributed by atoms with E-state index in [9.17, 15) is 4.79 Å². The van der Waals surface area contributed by atoms with Crippen LogP contribution >= 0.6 is 0 Å². The first-order valence-electron chi connectivity index (χ1n) is 7.15. The first-order chi connectivity index (χ1) is 11.3. The maximum absolute atomic E-state index is 12.2. The number of rotatable bonds is 5. The van der Waals surface area contributed by atoms with Crippen LogP contribution in [0.5, 0.6) is 5.88 Å². The lowest BCUT2D eigenvalue weighted by atomic mass is 10.2. The van der Waals surface area contributed by atoms with Gasteiger partial charge in [0.15, 0.2) is 0 Å². The van der Waals surface area contributed by atoms with E-state index < -0.39 is 0 Å². The number of carbonyl (C=O) groups is 1. The Bertz CT molecular complexity index is 777. The Morgan fingerprint density at radius 1 is 1.04 bits per heavy atom. The molecule has 2 aromatic heterocycles. The first-order valence-corrected chi connectivity index (χ1v) is 7.15. The second-order valence-corrected chi connectivity index (χ2v) is 4.85. The minimum Gasteiger partial charge on any atom is -0.473 e. The Kier molecular flexibility index (Phi) is 4.59. The van der Waals surface area contributed by atoms with Crippen molar-refractivity contribution in [2.24, 2.45) is 0 Å². The monoisotopic (exact) mass is 305 g/mol. The molecule has 0 saturated heterocycles. The molecule has 0 bridgehead atoms. The molecule has 3 rings (SSSR count). The second kappa shape index (κ2) is 7.17. The van der Waals surface area contributed by atoms with E-state index >= 15 is 0 Å². The van der Waals surface area contributed by atoms with Gasteiger partial charge in [0.1, 0.15) is 6.61 Å². The van der Waals surface area contributed by atoms with Crippen LogP contribution in [-0.4, -0.2) is 15.9 Å². The molecule has 114 valence electrons. The molecule has 1 amide bonds. The summed E-state index contributed by atoms with van der Waals surface area (Å²) in [5, 5.41) is 2.77. The Labute approximate surface area is 134 Å². The summed E-state index contributed by atoms with van der Waals surface area (Å²) in [5.74, 6) is 0.178. The highest BCUT2D eigenvalue weighted by molar-refractivity contribution is 6.04. The number of benzene rings is 1. The maximum Gasteiger partial charge on any atom is 0.255 e. The van der Waals surface area contributed by atoms with Crippen LogP contribution in [0, 0.1) is 0 Å². The summed E-state index contributed by atoms with van der Waals surface area (Å²) in [4.78, 5) is 20.3. The number of nitrogens with one attached hydrogen (secondary N) is 1. The van der Waals surface area contributed by atoms with Crippen LogP contribution in [0.1, 0.15) is 15.9 Å². The van der Waals surface area contributed by atoms with Crippen molar-refractivity contribution < 1.29 is 9.53 Å². The second-order valence-electron chi connectivity index (χ2n) is 4.85. The smallest absolute Gasteiger partial charge is 0.255 e. The van der Waals surface area contributed by atoms with Crippen molar-refractivity contribution in [3.05, 3.63) is 84.3 Å². The molecule has 0 spiro atoms. The van der Waals surface area contributed by atoms with Crippen LogP contribution in [0.25, 0.3) is 0 Å². The van der Waals surface area contributed by atoms with Gasteiger partial charge in [-0.05, 0) is 23.8 Å². The molecule has 0 saturated carbocycles. The fraction of sp³-hybridized carbons (Fsp3) is 0.0556. The Balaban J connectivity index is 1.66. The van der Waals surface area contributed by atoms with Crippen molar-refractivity contribution in [1.29, 1.82) is 0 Å². The number of carbonyl (C=O) groups excluding carboxylic acids is 1. The van der Waals surface area contributed by atoms with Crippen LogP contribution in [0.15, 0.2) is 73.2 Å². The third-order valence-corrected chi connectivity index (χ3v) is 3.15. The normalized spacial score (nSPS) is 10.1.